The van der Waals surface area contributed by atoms with Crippen molar-refractivity contribution in [2.45, 2.75) is 12.5 Å². The van der Waals surface area contributed by atoms with Crippen molar-refractivity contribution >= 4 is 5.91 Å². The van der Waals surface area contributed by atoms with Crippen LogP contribution < -0.4 is 5.73 Å². The highest BCUT2D eigenvalue weighted by molar-refractivity contribution is 5.79. The Morgan fingerprint density at radius 1 is 1.46 bits per heavy atom. The van der Waals surface area contributed by atoms with Gasteiger partial charge in [-0.05, 0) is 17.5 Å². The third-order valence-corrected chi connectivity index (χ3v) is 2.56. The molecule has 1 aromatic carbocycles. The maximum atomic E-state index is 10.9. The summed E-state index contributed by atoms with van der Waals surface area (Å²) in [6.45, 7) is 0. The van der Waals surface area contributed by atoms with E-state index in [0.29, 0.717) is 6.42 Å². The highest BCUT2D eigenvalue weighted by Gasteiger charge is 2.34. The SMILES string of the molecule is NC(=O)[C@@H]1Cc2ccccc2[C@@H]1O. The van der Waals surface area contributed by atoms with Gasteiger partial charge in [0, 0.05) is 0 Å². The second-order valence-electron chi connectivity index (χ2n) is 3.36. The smallest absolute Gasteiger partial charge is 0.223 e. The second kappa shape index (κ2) is 2.85. The summed E-state index contributed by atoms with van der Waals surface area (Å²) >= 11 is 0. The molecule has 0 saturated heterocycles. The van der Waals surface area contributed by atoms with Gasteiger partial charge in [0.15, 0.2) is 0 Å². The molecular weight excluding hydrogens is 166 g/mol. The van der Waals surface area contributed by atoms with E-state index in [1.54, 1.807) is 0 Å². The van der Waals surface area contributed by atoms with E-state index in [1.165, 1.54) is 0 Å². The Balaban J connectivity index is 2.38. The van der Waals surface area contributed by atoms with Gasteiger partial charge >= 0.3 is 0 Å². The molecule has 1 aromatic rings. The molecule has 3 N–H and O–H groups in total. The summed E-state index contributed by atoms with van der Waals surface area (Å²) in [5, 5.41) is 9.71. The van der Waals surface area contributed by atoms with Crippen LogP contribution in [0.3, 0.4) is 0 Å². The molecule has 0 unspecified atom stereocenters. The minimum atomic E-state index is -0.714. The predicted octanol–water partition coefficient (Wildman–Crippen LogP) is 0.378. The zero-order valence-electron chi connectivity index (χ0n) is 7.10. The zero-order chi connectivity index (χ0) is 9.42. The van der Waals surface area contributed by atoms with Gasteiger partial charge in [0.05, 0.1) is 12.0 Å². The molecule has 0 aliphatic heterocycles. The zero-order valence-corrected chi connectivity index (χ0v) is 7.10. The largest absolute Gasteiger partial charge is 0.388 e. The monoisotopic (exact) mass is 177 g/mol. The van der Waals surface area contributed by atoms with Crippen LogP contribution in [0, 0.1) is 5.92 Å². The maximum absolute atomic E-state index is 10.9. The third-order valence-electron chi connectivity index (χ3n) is 2.56. The van der Waals surface area contributed by atoms with Crippen LogP contribution in [0.1, 0.15) is 17.2 Å². The molecule has 0 fully saturated rings. The van der Waals surface area contributed by atoms with Gasteiger partial charge in [-0.3, -0.25) is 4.79 Å². The quantitative estimate of drug-likeness (QED) is 0.651. The van der Waals surface area contributed by atoms with E-state index in [9.17, 15) is 9.90 Å². The highest BCUT2D eigenvalue weighted by Crippen LogP contribution is 2.35. The summed E-state index contributed by atoms with van der Waals surface area (Å²) in [6, 6.07) is 7.50. The lowest BCUT2D eigenvalue weighted by atomic mass is 10.0. The van der Waals surface area contributed by atoms with Crippen molar-refractivity contribution < 1.29 is 9.90 Å². The van der Waals surface area contributed by atoms with E-state index in [2.05, 4.69) is 0 Å². The third kappa shape index (κ3) is 1.21. The fourth-order valence-electron chi connectivity index (χ4n) is 1.83. The molecule has 3 nitrogen and oxygen atoms in total. The summed E-state index contributed by atoms with van der Waals surface area (Å²) in [5.74, 6) is -0.874. The number of aliphatic hydroxyl groups is 1. The minimum Gasteiger partial charge on any atom is -0.388 e. The molecular formula is C10H11NO2. The number of hydrogen-bond acceptors (Lipinski definition) is 2. The molecule has 0 spiro atoms. The van der Waals surface area contributed by atoms with Crippen LogP contribution in [0.2, 0.25) is 0 Å². The van der Waals surface area contributed by atoms with Crippen LogP contribution in [-0.2, 0) is 11.2 Å². The van der Waals surface area contributed by atoms with Crippen LogP contribution in [-0.4, -0.2) is 11.0 Å². The van der Waals surface area contributed by atoms with Gasteiger partial charge in [-0.1, -0.05) is 24.3 Å². The number of primary amides is 1. The molecule has 1 aliphatic carbocycles. The first-order chi connectivity index (χ1) is 6.20. The molecule has 68 valence electrons. The normalized spacial score (nSPS) is 25.6. The summed E-state index contributed by atoms with van der Waals surface area (Å²) in [5.41, 5.74) is 7.03. The van der Waals surface area contributed by atoms with Crippen LogP contribution in [0.4, 0.5) is 0 Å². The fourth-order valence-corrected chi connectivity index (χ4v) is 1.83. The average molecular weight is 177 g/mol. The Kier molecular flexibility index (Phi) is 1.81. The van der Waals surface area contributed by atoms with Crippen molar-refractivity contribution in [1.29, 1.82) is 0 Å². The van der Waals surface area contributed by atoms with Crippen molar-refractivity contribution in [1.82, 2.24) is 0 Å². The van der Waals surface area contributed by atoms with Gasteiger partial charge in [-0.2, -0.15) is 0 Å². The van der Waals surface area contributed by atoms with Gasteiger partial charge in [-0.15, -0.1) is 0 Å². The Morgan fingerprint density at radius 2 is 2.15 bits per heavy atom. The molecule has 1 amide bonds. The summed E-state index contributed by atoms with van der Waals surface area (Å²) in [7, 11) is 0. The van der Waals surface area contributed by atoms with Crippen LogP contribution in [0.5, 0.6) is 0 Å². The van der Waals surface area contributed by atoms with Crippen LogP contribution >= 0.6 is 0 Å². The topological polar surface area (TPSA) is 63.3 Å². The van der Waals surface area contributed by atoms with Gasteiger partial charge in [-0.25, -0.2) is 0 Å². The Hall–Kier alpha value is -1.35. The molecule has 0 saturated carbocycles. The number of benzene rings is 1. The van der Waals surface area contributed by atoms with E-state index >= 15 is 0 Å². The number of rotatable bonds is 1. The van der Waals surface area contributed by atoms with Crippen molar-refractivity contribution in [2.24, 2.45) is 11.7 Å². The Bertz CT molecular complexity index is 349. The average Bonchev–Trinajstić information content (AvgIpc) is 2.45. The van der Waals surface area contributed by atoms with Gasteiger partial charge in [0.1, 0.15) is 0 Å². The van der Waals surface area contributed by atoms with E-state index in [0.717, 1.165) is 11.1 Å². The molecule has 13 heavy (non-hydrogen) atoms. The number of fused-ring (bicyclic) bond motifs is 1. The number of hydrogen-bond donors (Lipinski definition) is 2. The molecule has 2 atom stereocenters. The van der Waals surface area contributed by atoms with Crippen LogP contribution in [0.25, 0.3) is 0 Å². The van der Waals surface area contributed by atoms with E-state index in [-0.39, 0.29) is 0 Å². The van der Waals surface area contributed by atoms with Crippen molar-refractivity contribution in [3.05, 3.63) is 35.4 Å². The summed E-state index contributed by atoms with van der Waals surface area (Å²) < 4.78 is 0. The maximum Gasteiger partial charge on any atom is 0.223 e. The lowest BCUT2D eigenvalue weighted by Gasteiger charge is -2.09. The molecule has 0 bridgehead atoms. The van der Waals surface area contributed by atoms with Gasteiger partial charge < -0.3 is 10.8 Å². The molecule has 0 radical (unpaired) electrons. The first-order valence-corrected chi connectivity index (χ1v) is 4.25. The predicted molar refractivity (Wildman–Crippen MR) is 47.8 cm³/mol. The fraction of sp³-hybridized carbons (Fsp3) is 0.300. The van der Waals surface area contributed by atoms with E-state index < -0.39 is 17.9 Å². The van der Waals surface area contributed by atoms with Gasteiger partial charge in [0.2, 0.25) is 5.91 Å². The lowest BCUT2D eigenvalue weighted by molar-refractivity contribution is -0.124. The molecule has 3 heteroatoms. The Morgan fingerprint density at radius 3 is 2.77 bits per heavy atom. The number of carbonyl (C=O) groups is 1. The van der Waals surface area contributed by atoms with Crippen molar-refractivity contribution in [3.8, 4) is 0 Å². The lowest BCUT2D eigenvalue weighted by Crippen LogP contribution is -2.26. The number of nitrogens with two attached hydrogens (primary N) is 1. The van der Waals surface area contributed by atoms with Crippen LogP contribution in [0.15, 0.2) is 24.3 Å². The van der Waals surface area contributed by atoms with Crippen molar-refractivity contribution in [2.75, 3.05) is 0 Å². The summed E-state index contributed by atoms with van der Waals surface area (Å²) in [4.78, 5) is 10.9. The number of amides is 1. The van der Waals surface area contributed by atoms with E-state index in [1.807, 2.05) is 24.3 Å². The number of carbonyl (C=O) groups excluding carboxylic acids is 1. The van der Waals surface area contributed by atoms with Crippen molar-refractivity contribution in [3.63, 3.8) is 0 Å². The second-order valence-corrected chi connectivity index (χ2v) is 3.36. The standard InChI is InChI=1S/C10H11NO2/c11-10(13)8-5-6-3-1-2-4-7(6)9(8)12/h1-4,8-9,12H,5H2,(H2,11,13)/t8-,9+/m1/s1. The summed E-state index contributed by atoms with van der Waals surface area (Å²) in [6.07, 6.45) is -0.152. The molecule has 0 heterocycles. The first-order valence-electron chi connectivity index (χ1n) is 4.25. The first kappa shape index (κ1) is 8.26. The van der Waals surface area contributed by atoms with E-state index in [4.69, 9.17) is 5.73 Å². The minimum absolute atomic E-state index is 0.427. The molecule has 0 aromatic heterocycles. The number of aliphatic hydroxyl groups excluding tert-OH is 1. The molecule has 2 rings (SSSR count). The molecule has 1 aliphatic rings. The van der Waals surface area contributed by atoms with Gasteiger partial charge in [0.25, 0.3) is 0 Å². The Labute approximate surface area is 76.2 Å². The highest BCUT2D eigenvalue weighted by atomic mass is 16.3.